The molecule has 1 aromatic rings. The minimum Gasteiger partial charge on any atom is -0.355 e. The maximum absolute atomic E-state index is 5.06. The normalized spacial score (nSPS) is 10.9. The predicted octanol–water partition coefficient (Wildman–Crippen LogP) is 1.10. The second-order valence-electron chi connectivity index (χ2n) is 3.30. The lowest BCUT2D eigenvalue weighted by molar-refractivity contribution is -0.0989. The van der Waals surface area contributed by atoms with Crippen molar-refractivity contribution in [3.05, 3.63) is 29.6 Å². The summed E-state index contributed by atoms with van der Waals surface area (Å²) in [6.07, 6.45) is -0.199. The number of aromatic nitrogens is 1. The van der Waals surface area contributed by atoms with Gasteiger partial charge >= 0.3 is 0 Å². The summed E-state index contributed by atoms with van der Waals surface area (Å²) < 4.78 is 10.1. The van der Waals surface area contributed by atoms with E-state index in [1.807, 2.05) is 25.1 Å². The van der Waals surface area contributed by atoms with E-state index >= 15 is 0 Å². The second kappa shape index (κ2) is 6.50. The van der Waals surface area contributed by atoms with Crippen LogP contribution in [-0.2, 0) is 16.0 Å². The molecule has 0 amide bonds. The Hall–Kier alpha value is -0.970. The maximum Gasteiger partial charge on any atom is 0.169 e. The fourth-order valence-corrected chi connectivity index (χ4v) is 1.28. The molecule has 15 heavy (non-hydrogen) atoms. The monoisotopic (exact) mass is 210 g/mol. The number of nitrogens with one attached hydrogen (secondary N) is 1. The zero-order chi connectivity index (χ0) is 11.1. The molecule has 0 aliphatic carbocycles. The molecule has 0 aliphatic heterocycles. The first-order chi connectivity index (χ1) is 7.26. The highest BCUT2D eigenvalue weighted by Crippen LogP contribution is 1.97. The molecule has 1 heterocycles. The molecule has 0 bridgehead atoms. The Labute approximate surface area is 90.6 Å². The van der Waals surface area contributed by atoms with Gasteiger partial charge in [0.25, 0.3) is 0 Å². The van der Waals surface area contributed by atoms with Gasteiger partial charge in [0.2, 0.25) is 0 Å². The molecule has 0 radical (unpaired) electrons. The first-order valence-corrected chi connectivity index (χ1v) is 4.95. The van der Waals surface area contributed by atoms with E-state index in [2.05, 4.69) is 10.3 Å². The first-order valence-electron chi connectivity index (χ1n) is 4.95. The molecule has 0 aliphatic rings. The molecule has 4 nitrogen and oxygen atoms in total. The fourth-order valence-electron chi connectivity index (χ4n) is 1.28. The second-order valence-corrected chi connectivity index (χ2v) is 3.30. The van der Waals surface area contributed by atoms with Crippen LogP contribution in [0.5, 0.6) is 0 Å². The Balaban J connectivity index is 2.31. The number of aryl methyl sites for hydroxylation is 1. The topological polar surface area (TPSA) is 43.4 Å². The number of pyridine rings is 1. The van der Waals surface area contributed by atoms with Crippen LogP contribution in [0.3, 0.4) is 0 Å². The molecule has 1 rings (SSSR count). The van der Waals surface area contributed by atoms with E-state index in [0.29, 0.717) is 6.54 Å². The van der Waals surface area contributed by atoms with Gasteiger partial charge in [-0.15, -0.1) is 0 Å². The summed E-state index contributed by atoms with van der Waals surface area (Å²) in [5.74, 6) is 0. The van der Waals surface area contributed by atoms with E-state index in [1.165, 1.54) is 0 Å². The summed E-state index contributed by atoms with van der Waals surface area (Å²) >= 11 is 0. The van der Waals surface area contributed by atoms with Crippen LogP contribution in [0.2, 0.25) is 0 Å². The average Bonchev–Trinajstić information content (AvgIpc) is 2.25. The van der Waals surface area contributed by atoms with Gasteiger partial charge in [0, 0.05) is 33.0 Å². The van der Waals surface area contributed by atoms with Gasteiger partial charge in [-0.2, -0.15) is 0 Å². The van der Waals surface area contributed by atoms with Crippen molar-refractivity contribution < 1.29 is 9.47 Å². The molecule has 0 atom stereocenters. The van der Waals surface area contributed by atoms with Crippen LogP contribution in [0, 0.1) is 6.92 Å². The Kier molecular flexibility index (Phi) is 5.25. The molecule has 1 N–H and O–H groups in total. The standard InChI is InChI=1S/C11H18N2O2/c1-9-5-4-6-10(13-9)7-12-8-11(14-2)15-3/h4-6,11-12H,7-8H2,1-3H3. The largest absolute Gasteiger partial charge is 0.355 e. The lowest BCUT2D eigenvalue weighted by Crippen LogP contribution is -2.29. The molecule has 1 aromatic heterocycles. The number of rotatable bonds is 6. The van der Waals surface area contributed by atoms with Crippen molar-refractivity contribution in [3.63, 3.8) is 0 Å². The van der Waals surface area contributed by atoms with Crippen LogP contribution in [0.15, 0.2) is 18.2 Å². The van der Waals surface area contributed by atoms with Crippen LogP contribution in [0.25, 0.3) is 0 Å². The number of hydrogen-bond acceptors (Lipinski definition) is 4. The van der Waals surface area contributed by atoms with Crippen molar-refractivity contribution in [2.24, 2.45) is 0 Å². The Bertz CT molecular complexity index is 288. The molecule has 0 fully saturated rings. The van der Waals surface area contributed by atoms with Gasteiger partial charge in [-0.25, -0.2) is 0 Å². The highest BCUT2D eigenvalue weighted by molar-refractivity contribution is 5.09. The summed E-state index contributed by atoms with van der Waals surface area (Å²) in [5, 5.41) is 3.22. The first kappa shape index (κ1) is 12.1. The Morgan fingerprint density at radius 3 is 2.67 bits per heavy atom. The molecule has 0 aromatic carbocycles. The van der Waals surface area contributed by atoms with Crippen LogP contribution in [0.1, 0.15) is 11.4 Å². The van der Waals surface area contributed by atoms with Crippen molar-refractivity contribution in [3.8, 4) is 0 Å². The quantitative estimate of drug-likeness (QED) is 0.714. The van der Waals surface area contributed by atoms with Crippen LogP contribution >= 0.6 is 0 Å². The minimum absolute atomic E-state index is 0.199. The highest BCUT2D eigenvalue weighted by atomic mass is 16.7. The van der Waals surface area contributed by atoms with E-state index < -0.39 is 0 Å². The van der Waals surface area contributed by atoms with E-state index in [-0.39, 0.29) is 6.29 Å². The Morgan fingerprint density at radius 1 is 1.33 bits per heavy atom. The van der Waals surface area contributed by atoms with Crippen molar-refractivity contribution in [1.82, 2.24) is 10.3 Å². The van der Waals surface area contributed by atoms with Crippen molar-refractivity contribution in [2.45, 2.75) is 19.8 Å². The van der Waals surface area contributed by atoms with Crippen LogP contribution < -0.4 is 5.32 Å². The number of methoxy groups -OCH3 is 2. The molecule has 4 heteroatoms. The van der Waals surface area contributed by atoms with Crippen LogP contribution in [0.4, 0.5) is 0 Å². The van der Waals surface area contributed by atoms with Gasteiger partial charge in [0.05, 0.1) is 5.69 Å². The van der Waals surface area contributed by atoms with Gasteiger partial charge in [0.15, 0.2) is 6.29 Å². The summed E-state index contributed by atoms with van der Waals surface area (Å²) in [5.41, 5.74) is 2.06. The third kappa shape index (κ3) is 4.38. The fraction of sp³-hybridized carbons (Fsp3) is 0.545. The minimum atomic E-state index is -0.199. The Morgan fingerprint density at radius 2 is 2.07 bits per heavy atom. The van der Waals surface area contributed by atoms with Crippen LogP contribution in [-0.4, -0.2) is 32.0 Å². The lowest BCUT2D eigenvalue weighted by Gasteiger charge is -2.13. The van der Waals surface area contributed by atoms with Gasteiger partial charge in [-0.1, -0.05) is 6.07 Å². The van der Waals surface area contributed by atoms with Gasteiger partial charge < -0.3 is 14.8 Å². The predicted molar refractivity (Wildman–Crippen MR) is 58.5 cm³/mol. The molecular formula is C11H18N2O2. The SMILES string of the molecule is COC(CNCc1cccc(C)n1)OC. The third-order valence-corrected chi connectivity index (χ3v) is 2.09. The lowest BCUT2D eigenvalue weighted by atomic mass is 10.3. The van der Waals surface area contributed by atoms with Crippen molar-refractivity contribution >= 4 is 0 Å². The maximum atomic E-state index is 5.06. The molecule has 0 saturated carbocycles. The van der Waals surface area contributed by atoms with E-state index in [1.54, 1.807) is 14.2 Å². The molecule has 84 valence electrons. The summed E-state index contributed by atoms with van der Waals surface area (Å²) in [6.45, 7) is 3.37. The number of nitrogens with zero attached hydrogens (tertiary/aromatic N) is 1. The zero-order valence-corrected chi connectivity index (χ0v) is 9.49. The summed E-state index contributed by atoms with van der Waals surface area (Å²) in [6, 6.07) is 5.98. The highest BCUT2D eigenvalue weighted by Gasteiger charge is 2.03. The third-order valence-electron chi connectivity index (χ3n) is 2.09. The summed E-state index contributed by atoms with van der Waals surface area (Å²) in [4.78, 5) is 4.38. The molecular weight excluding hydrogens is 192 g/mol. The summed E-state index contributed by atoms with van der Waals surface area (Å²) in [7, 11) is 3.25. The van der Waals surface area contributed by atoms with E-state index in [0.717, 1.165) is 17.9 Å². The van der Waals surface area contributed by atoms with Gasteiger partial charge in [-0.05, 0) is 19.1 Å². The van der Waals surface area contributed by atoms with Gasteiger partial charge in [-0.3, -0.25) is 4.98 Å². The zero-order valence-electron chi connectivity index (χ0n) is 9.49. The van der Waals surface area contributed by atoms with Crippen molar-refractivity contribution in [1.29, 1.82) is 0 Å². The molecule has 0 spiro atoms. The number of hydrogen-bond donors (Lipinski definition) is 1. The van der Waals surface area contributed by atoms with Crippen molar-refractivity contribution in [2.75, 3.05) is 20.8 Å². The number of ether oxygens (including phenoxy) is 2. The van der Waals surface area contributed by atoms with Gasteiger partial charge in [0.1, 0.15) is 0 Å². The molecule has 0 saturated heterocycles. The van der Waals surface area contributed by atoms with E-state index in [9.17, 15) is 0 Å². The smallest absolute Gasteiger partial charge is 0.169 e. The van der Waals surface area contributed by atoms with E-state index in [4.69, 9.17) is 9.47 Å². The molecule has 0 unspecified atom stereocenters. The average molecular weight is 210 g/mol.